The predicted molar refractivity (Wildman–Crippen MR) is 88.3 cm³/mol. The molecule has 114 valence electrons. The zero-order valence-electron chi connectivity index (χ0n) is 14.1. The van der Waals surface area contributed by atoms with E-state index in [-0.39, 0.29) is 5.41 Å². The number of rotatable bonds is 4. The zero-order chi connectivity index (χ0) is 15.6. The first-order chi connectivity index (χ1) is 9.79. The van der Waals surface area contributed by atoms with E-state index in [0.717, 1.165) is 6.54 Å². The molecule has 0 aliphatic heterocycles. The summed E-state index contributed by atoms with van der Waals surface area (Å²) in [4.78, 5) is 0. The quantitative estimate of drug-likeness (QED) is 0.924. The molecule has 21 heavy (non-hydrogen) atoms. The molecule has 3 heteroatoms. The standard InChI is InChI=1S/C18H27N3/c1-13-9-7-8-10-16(13)14(2)19-11-15-12-21(6)20-17(15)18(3,4)5/h7-10,12,14,19H,11H2,1-6H3/t14-/m0/s1. The molecule has 2 rings (SSSR count). The highest BCUT2D eigenvalue weighted by Gasteiger charge is 2.22. The summed E-state index contributed by atoms with van der Waals surface area (Å²) in [6.45, 7) is 11.9. The molecule has 2 aromatic rings. The van der Waals surface area contributed by atoms with Crippen LogP contribution in [0, 0.1) is 6.92 Å². The molecule has 3 nitrogen and oxygen atoms in total. The summed E-state index contributed by atoms with van der Waals surface area (Å²) in [5.41, 5.74) is 5.22. The van der Waals surface area contributed by atoms with Gasteiger partial charge in [0.15, 0.2) is 0 Å². The minimum absolute atomic E-state index is 0.0736. The molecule has 1 aromatic heterocycles. The third-order valence-electron chi connectivity index (χ3n) is 3.87. The number of hydrogen-bond donors (Lipinski definition) is 1. The van der Waals surface area contributed by atoms with E-state index in [0.29, 0.717) is 6.04 Å². The summed E-state index contributed by atoms with van der Waals surface area (Å²) in [5.74, 6) is 0. The lowest BCUT2D eigenvalue weighted by Crippen LogP contribution is -2.22. The lowest BCUT2D eigenvalue weighted by atomic mass is 9.89. The van der Waals surface area contributed by atoms with E-state index in [4.69, 9.17) is 0 Å². The highest BCUT2D eigenvalue weighted by molar-refractivity contribution is 5.29. The van der Waals surface area contributed by atoms with Crippen LogP contribution in [0.15, 0.2) is 30.5 Å². The maximum absolute atomic E-state index is 4.63. The average molecular weight is 285 g/mol. The van der Waals surface area contributed by atoms with Crippen molar-refractivity contribution >= 4 is 0 Å². The molecular formula is C18H27N3. The number of aryl methyl sites for hydroxylation is 2. The Bertz CT molecular complexity index is 605. The van der Waals surface area contributed by atoms with Gasteiger partial charge in [0.1, 0.15) is 0 Å². The van der Waals surface area contributed by atoms with Crippen LogP contribution in [-0.2, 0) is 19.0 Å². The number of nitrogens with one attached hydrogen (secondary N) is 1. The first kappa shape index (κ1) is 15.8. The van der Waals surface area contributed by atoms with E-state index in [1.165, 1.54) is 22.4 Å². The molecule has 1 atom stereocenters. The van der Waals surface area contributed by atoms with Crippen molar-refractivity contribution in [2.45, 2.75) is 52.6 Å². The SMILES string of the molecule is Cc1ccccc1[C@H](C)NCc1cn(C)nc1C(C)(C)C. The van der Waals surface area contributed by atoms with Gasteiger partial charge in [0.05, 0.1) is 5.69 Å². The van der Waals surface area contributed by atoms with Crippen LogP contribution in [0.2, 0.25) is 0 Å². The second-order valence-corrected chi connectivity index (χ2v) is 6.89. The molecule has 0 bridgehead atoms. The third-order valence-corrected chi connectivity index (χ3v) is 3.87. The summed E-state index contributed by atoms with van der Waals surface area (Å²) >= 11 is 0. The molecule has 0 radical (unpaired) electrons. The van der Waals surface area contributed by atoms with Crippen molar-refractivity contribution < 1.29 is 0 Å². The molecule has 0 amide bonds. The highest BCUT2D eigenvalue weighted by atomic mass is 15.3. The zero-order valence-corrected chi connectivity index (χ0v) is 14.1. The van der Waals surface area contributed by atoms with Crippen molar-refractivity contribution in [3.8, 4) is 0 Å². The lowest BCUT2D eigenvalue weighted by Gasteiger charge is -2.20. The normalized spacial score (nSPS) is 13.4. The average Bonchev–Trinajstić information content (AvgIpc) is 2.78. The smallest absolute Gasteiger partial charge is 0.0722 e. The van der Waals surface area contributed by atoms with Crippen molar-refractivity contribution in [1.29, 1.82) is 0 Å². The van der Waals surface area contributed by atoms with Crippen LogP contribution < -0.4 is 5.32 Å². The summed E-state index contributed by atoms with van der Waals surface area (Å²) in [5, 5.41) is 8.26. The Hall–Kier alpha value is -1.61. The fourth-order valence-electron chi connectivity index (χ4n) is 2.74. The van der Waals surface area contributed by atoms with E-state index in [9.17, 15) is 0 Å². The van der Waals surface area contributed by atoms with Gasteiger partial charge in [-0.05, 0) is 25.0 Å². The largest absolute Gasteiger partial charge is 0.306 e. The van der Waals surface area contributed by atoms with Gasteiger partial charge in [-0.3, -0.25) is 4.68 Å². The van der Waals surface area contributed by atoms with Crippen LogP contribution in [0.25, 0.3) is 0 Å². The number of aromatic nitrogens is 2. The summed E-state index contributed by atoms with van der Waals surface area (Å²) in [7, 11) is 1.99. The lowest BCUT2D eigenvalue weighted by molar-refractivity contribution is 0.530. The monoisotopic (exact) mass is 285 g/mol. The number of benzene rings is 1. The maximum Gasteiger partial charge on any atom is 0.0722 e. The van der Waals surface area contributed by atoms with Gasteiger partial charge in [-0.25, -0.2) is 0 Å². The molecule has 0 aliphatic rings. The summed E-state index contributed by atoms with van der Waals surface area (Å²) in [6.07, 6.45) is 2.12. The molecule has 1 aromatic carbocycles. The molecule has 0 fully saturated rings. The Morgan fingerprint density at radius 1 is 1.24 bits per heavy atom. The van der Waals surface area contributed by atoms with Gasteiger partial charge in [-0.2, -0.15) is 5.10 Å². The predicted octanol–water partition coefficient (Wildman–Crippen LogP) is 3.88. The maximum atomic E-state index is 4.63. The van der Waals surface area contributed by atoms with Crippen molar-refractivity contribution in [2.24, 2.45) is 7.05 Å². The van der Waals surface area contributed by atoms with Gasteiger partial charge >= 0.3 is 0 Å². The van der Waals surface area contributed by atoms with Crippen LogP contribution in [0.3, 0.4) is 0 Å². The van der Waals surface area contributed by atoms with Gasteiger partial charge in [-0.15, -0.1) is 0 Å². The van der Waals surface area contributed by atoms with Crippen molar-refractivity contribution in [1.82, 2.24) is 15.1 Å². The van der Waals surface area contributed by atoms with Gasteiger partial charge in [0.2, 0.25) is 0 Å². The third kappa shape index (κ3) is 3.73. The van der Waals surface area contributed by atoms with Gasteiger partial charge < -0.3 is 5.32 Å². The minimum atomic E-state index is 0.0736. The molecule has 0 saturated heterocycles. The molecular weight excluding hydrogens is 258 g/mol. The first-order valence-corrected chi connectivity index (χ1v) is 7.61. The fourth-order valence-corrected chi connectivity index (χ4v) is 2.74. The van der Waals surface area contributed by atoms with E-state index >= 15 is 0 Å². The fraction of sp³-hybridized carbons (Fsp3) is 0.500. The topological polar surface area (TPSA) is 29.9 Å². The molecule has 0 unspecified atom stereocenters. The van der Waals surface area contributed by atoms with Crippen molar-refractivity contribution in [3.05, 3.63) is 52.8 Å². The Morgan fingerprint density at radius 3 is 2.52 bits per heavy atom. The Labute approximate surface area is 128 Å². The summed E-state index contributed by atoms with van der Waals surface area (Å²) in [6, 6.07) is 8.88. The first-order valence-electron chi connectivity index (χ1n) is 7.61. The van der Waals surface area contributed by atoms with Crippen LogP contribution >= 0.6 is 0 Å². The molecule has 0 saturated carbocycles. The van der Waals surface area contributed by atoms with Crippen LogP contribution in [0.5, 0.6) is 0 Å². The van der Waals surface area contributed by atoms with Crippen LogP contribution in [0.1, 0.15) is 56.1 Å². The van der Waals surface area contributed by atoms with Crippen molar-refractivity contribution in [3.63, 3.8) is 0 Å². The van der Waals surface area contributed by atoms with E-state index in [2.05, 4.69) is 75.5 Å². The van der Waals surface area contributed by atoms with Gasteiger partial charge in [0, 0.05) is 36.8 Å². The molecule has 0 spiro atoms. The highest BCUT2D eigenvalue weighted by Crippen LogP contribution is 2.25. The molecule has 1 heterocycles. The Morgan fingerprint density at radius 2 is 1.90 bits per heavy atom. The van der Waals surface area contributed by atoms with Gasteiger partial charge in [0.25, 0.3) is 0 Å². The van der Waals surface area contributed by atoms with E-state index in [1.807, 2.05) is 11.7 Å². The number of nitrogens with zero attached hydrogens (tertiary/aromatic N) is 2. The van der Waals surface area contributed by atoms with Gasteiger partial charge in [-0.1, -0.05) is 45.0 Å². The molecule has 1 N–H and O–H groups in total. The number of hydrogen-bond acceptors (Lipinski definition) is 2. The second kappa shape index (κ2) is 6.02. The van der Waals surface area contributed by atoms with Crippen LogP contribution in [0.4, 0.5) is 0 Å². The Kier molecular flexibility index (Phi) is 4.52. The molecule has 0 aliphatic carbocycles. The van der Waals surface area contributed by atoms with Crippen LogP contribution in [-0.4, -0.2) is 9.78 Å². The van der Waals surface area contributed by atoms with Crippen molar-refractivity contribution in [2.75, 3.05) is 0 Å². The Balaban J connectivity index is 2.12. The summed E-state index contributed by atoms with van der Waals surface area (Å²) < 4.78 is 1.91. The minimum Gasteiger partial charge on any atom is -0.306 e. The second-order valence-electron chi connectivity index (χ2n) is 6.89. The van der Waals surface area contributed by atoms with E-state index in [1.54, 1.807) is 0 Å². The van der Waals surface area contributed by atoms with E-state index < -0.39 is 0 Å².